The summed E-state index contributed by atoms with van der Waals surface area (Å²) in [5, 5.41) is 0.736. The van der Waals surface area contributed by atoms with Gasteiger partial charge in [0, 0.05) is 11.1 Å². The zero-order valence-electron chi connectivity index (χ0n) is 12.5. The summed E-state index contributed by atoms with van der Waals surface area (Å²) < 4.78 is 2.36. The molecule has 1 aliphatic carbocycles. The number of halogens is 2. The van der Waals surface area contributed by atoms with Crippen LogP contribution in [0, 0.1) is 5.92 Å². The Morgan fingerprint density at radius 2 is 2.00 bits per heavy atom. The summed E-state index contributed by atoms with van der Waals surface area (Å²) in [6.07, 6.45) is 7.80. The van der Waals surface area contributed by atoms with E-state index < -0.39 is 0 Å². The van der Waals surface area contributed by atoms with Gasteiger partial charge in [0.15, 0.2) is 0 Å². The van der Waals surface area contributed by atoms with Crippen molar-refractivity contribution in [2.45, 2.75) is 57.4 Å². The fourth-order valence-electron chi connectivity index (χ4n) is 3.72. The zero-order chi connectivity index (χ0) is 14.8. The number of aromatic nitrogens is 2. The Morgan fingerprint density at radius 3 is 2.67 bits per heavy atom. The molecule has 0 aliphatic heterocycles. The largest absolute Gasteiger partial charge is 0.324 e. The van der Waals surface area contributed by atoms with Crippen LogP contribution in [0.5, 0.6) is 0 Å². The Labute approximate surface area is 136 Å². The van der Waals surface area contributed by atoms with E-state index in [1.807, 2.05) is 12.1 Å². The lowest BCUT2D eigenvalue weighted by atomic mass is 9.83. The summed E-state index contributed by atoms with van der Waals surface area (Å²) in [7, 11) is 0. The van der Waals surface area contributed by atoms with Crippen molar-refractivity contribution in [3.05, 3.63) is 29.0 Å². The Kier molecular flexibility index (Phi) is 4.75. The molecule has 0 bridgehead atoms. The molecule has 1 aromatic heterocycles. The van der Waals surface area contributed by atoms with Gasteiger partial charge in [-0.15, -0.1) is 11.6 Å². The molecule has 1 fully saturated rings. The van der Waals surface area contributed by atoms with E-state index in [-0.39, 0.29) is 0 Å². The van der Waals surface area contributed by atoms with Crippen molar-refractivity contribution in [1.29, 1.82) is 0 Å². The first kappa shape index (κ1) is 15.2. The summed E-state index contributed by atoms with van der Waals surface area (Å²) in [6, 6.07) is 6.51. The van der Waals surface area contributed by atoms with Gasteiger partial charge in [-0.3, -0.25) is 0 Å². The lowest BCUT2D eigenvalue weighted by Gasteiger charge is -2.30. The van der Waals surface area contributed by atoms with Crippen LogP contribution in [0.1, 0.15) is 57.3 Å². The van der Waals surface area contributed by atoms with Gasteiger partial charge in [0.1, 0.15) is 5.82 Å². The number of nitrogens with zero attached hydrogens (tertiary/aromatic N) is 2. The summed E-state index contributed by atoms with van der Waals surface area (Å²) in [5.74, 6) is 2.35. The normalized spacial score (nSPS) is 22.8. The summed E-state index contributed by atoms with van der Waals surface area (Å²) in [4.78, 5) is 4.67. The Morgan fingerprint density at radius 1 is 1.24 bits per heavy atom. The fraction of sp³-hybridized carbons (Fsp3) is 0.588. The molecular weight excluding hydrogens is 303 g/mol. The smallest absolute Gasteiger partial charge is 0.125 e. The molecule has 2 aromatic rings. The molecular formula is C17H22Cl2N2. The van der Waals surface area contributed by atoms with Crippen LogP contribution >= 0.6 is 23.2 Å². The average molecular weight is 325 g/mol. The van der Waals surface area contributed by atoms with Gasteiger partial charge >= 0.3 is 0 Å². The molecule has 0 saturated heterocycles. The third-order valence-corrected chi connectivity index (χ3v) is 5.20. The third-order valence-electron chi connectivity index (χ3n) is 4.72. The first-order valence-electron chi connectivity index (χ1n) is 7.95. The van der Waals surface area contributed by atoms with E-state index in [2.05, 4.69) is 22.5 Å². The van der Waals surface area contributed by atoms with Crippen molar-refractivity contribution in [2.75, 3.05) is 0 Å². The van der Waals surface area contributed by atoms with Gasteiger partial charge in [0.05, 0.1) is 16.9 Å². The fourth-order valence-corrected chi connectivity index (χ4v) is 4.08. The molecule has 4 heteroatoms. The van der Waals surface area contributed by atoms with E-state index in [9.17, 15) is 0 Å². The van der Waals surface area contributed by atoms with Crippen molar-refractivity contribution in [2.24, 2.45) is 5.92 Å². The second kappa shape index (κ2) is 6.58. The predicted molar refractivity (Wildman–Crippen MR) is 90.2 cm³/mol. The number of fused-ring (bicyclic) bond motifs is 1. The van der Waals surface area contributed by atoms with E-state index in [0.717, 1.165) is 22.3 Å². The molecule has 114 valence electrons. The van der Waals surface area contributed by atoms with Crippen LogP contribution in [-0.2, 0) is 5.88 Å². The van der Waals surface area contributed by atoms with E-state index >= 15 is 0 Å². The molecule has 0 N–H and O–H groups in total. The first-order valence-corrected chi connectivity index (χ1v) is 8.86. The van der Waals surface area contributed by atoms with Crippen LogP contribution in [0.4, 0.5) is 0 Å². The standard InChI is InChI=1S/C17H22Cl2N2/c1-2-3-12-4-7-14(8-5-12)21-16-9-6-13(19)10-15(16)20-17(21)11-18/h6,9-10,12,14H,2-5,7-8,11H2,1H3. The van der Waals surface area contributed by atoms with Gasteiger partial charge in [-0.25, -0.2) is 4.98 Å². The maximum atomic E-state index is 6.12. The lowest BCUT2D eigenvalue weighted by molar-refractivity contribution is 0.263. The van der Waals surface area contributed by atoms with Crippen LogP contribution in [0.2, 0.25) is 5.02 Å². The molecule has 1 heterocycles. The predicted octanol–water partition coefficient (Wildman–Crippen LogP) is 5.96. The van der Waals surface area contributed by atoms with Gasteiger partial charge in [-0.05, 0) is 49.8 Å². The molecule has 0 spiro atoms. The number of hydrogen-bond acceptors (Lipinski definition) is 1. The van der Waals surface area contributed by atoms with E-state index in [1.54, 1.807) is 0 Å². The zero-order valence-corrected chi connectivity index (χ0v) is 14.0. The molecule has 21 heavy (non-hydrogen) atoms. The number of benzene rings is 1. The maximum absolute atomic E-state index is 6.12. The highest BCUT2D eigenvalue weighted by molar-refractivity contribution is 6.31. The molecule has 0 radical (unpaired) electrons. The second-order valence-corrected chi connectivity index (χ2v) is 6.83. The average Bonchev–Trinajstić information content (AvgIpc) is 2.86. The highest BCUT2D eigenvalue weighted by Gasteiger charge is 2.25. The number of alkyl halides is 1. The minimum Gasteiger partial charge on any atom is -0.324 e. The van der Waals surface area contributed by atoms with Crippen LogP contribution in [0.25, 0.3) is 11.0 Å². The van der Waals surface area contributed by atoms with Crippen LogP contribution in [0.3, 0.4) is 0 Å². The highest BCUT2D eigenvalue weighted by Crippen LogP contribution is 2.37. The number of imidazole rings is 1. The number of hydrogen-bond donors (Lipinski definition) is 0. The summed E-state index contributed by atoms with van der Waals surface area (Å²) in [5.41, 5.74) is 2.14. The van der Waals surface area contributed by atoms with E-state index in [0.29, 0.717) is 11.9 Å². The Bertz CT molecular complexity index is 613. The topological polar surface area (TPSA) is 17.8 Å². The van der Waals surface area contributed by atoms with Crippen molar-refractivity contribution in [3.8, 4) is 0 Å². The van der Waals surface area contributed by atoms with Crippen LogP contribution in [-0.4, -0.2) is 9.55 Å². The molecule has 1 aromatic carbocycles. The van der Waals surface area contributed by atoms with Crippen LogP contribution < -0.4 is 0 Å². The van der Waals surface area contributed by atoms with Crippen molar-refractivity contribution in [3.63, 3.8) is 0 Å². The van der Waals surface area contributed by atoms with Crippen molar-refractivity contribution in [1.82, 2.24) is 9.55 Å². The summed E-state index contributed by atoms with van der Waals surface area (Å²) >= 11 is 12.2. The number of rotatable bonds is 4. The van der Waals surface area contributed by atoms with Crippen molar-refractivity contribution < 1.29 is 0 Å². The molecule has 1 saturated carbocycles. The Balaban J connectivity index is 1.89. The van der Waals surface area contributed by atoms with E-state index in [1.165, 1.54) is 44.0 Å². The summed E-state index contributed by atoms with van der Waals surface area (Å²) in [6.45, 7) is 2.28. The van der Waals surface area contributed by atoms with E-state index in [4.69, 9.17) is 23.2 Å². The quantitative estimate of drug-likeness (QED) is 0.634. The molecule has 0 atom stereocenters. The second-order valence-electron chi connectivity index (χ2n) is 6.13. The SMILES string of the molecule is CCCC1CCC(n2c(CCl)nc3cc(Cl)ccc32)CC1. The molecule has 3 rings (SSSR count). The van der Waals surface area contributed by atoms with Gasteiger partial charge in [-0.1, -0.05) is 31.4 Å². The highest BCUT2D eigenvalue weighted by atomic mass is 35.5. The van der Waals surface area contributed by atoms with Crippen molar-refractivity contribution >= 4 is 34.2 Å². The Hall–Kier alpha value is -0.730. The van der Waals surface area contributed by atoms with Gasteiger partial charge in [-0.2, -0.15) is 0 Å². The van der Waals surface area contributed by atoms with Crippen LogP contribution in [0.15, 0.2) is 18.2 Å². The molecule has 1 aliphatic rings. The third kappa shape index (κ3) is 3.07. The minimum atomic E-state index is 0.460. The molecule has 0 unspecified atom stereocenters. The van der Waals surface area contributed by atoms with Gasteiger partial charge in [0.25, 0.3) is 0 Å². The monoisotopic (exact) mass is 324 g/mol. The first-order chi connectivity index (χ1) is 10.2. The molecule has 2 nitrogen and oxygen atoms in total. The minimum absolute atomic E-state index is 0.460. The maximum Gasteiger partial charge on any atom is 0.125 e. The lowest BCUT2D eigenvalue weighted by Crippen LogP contribution is -2.19. The molecule has 0 amide bonds. The van der Waals surface area contributed by atoms with Gasteiger partial charge in [0.2, 0.25) is 0 Å². The van der Waals surface area contributed by atoms with Gasteiger partial charge < -0.3 is 4.57 Å².